The molecule has 0 atom stereocenters. The Bertz CT molecular complexity index is 1030. The highest BCUT2D eigenvalue weighted by molar-refractivity contribution is 6.33. The molecule has 0 aliphatic carbocycles. The molecule has 0 aliphatic rings. The number of benzene rings is 1. The van der Waals surface area contributed by atoms with Crippen molar-refractivity contribution in [1.82, 2.24) is 19.6 Å². The van der Waals surface area contributed by atoms with Crippen LogP contribution in [0.25, 0.3) is 0 Å². The Balaban J connectivity index is 1.61. The average Bonchev–Trinajstić information content (AvgIpc) is 3.18. The maximum absolute atomic E-state index is 13.7. The van der Waals surface area contributed by atoms with Gasteiger partial charge in [-0.25, -0.2) is 4.39 Å². The predicted molar refractivity (Wildman–Crippen MR) is 99.6 cm³/mol. The van der Waals surface area contributed by atoms with Crippen molar-refractivity contribution in [2.24, 2.45) is 0 Å². The van der Waals surface area contributed by atoms with Crippen molar-refractivity contribution in [3.8, 4) is 0 Å². The maximum Gasteiger partial charge on any atom is 0.309 e. The number of nitrogens with zero attached hydrogens (tertiary/aromatic N) is 5. The summed E-state index contributed by atoms with van der Waals surface area (Å²) in [5.74, 6) is -0.579. The molecule has 146 valence electrons. The molecule has 3 rings (SSSR count). The predicted octanol–water partition coefficient (Wildman–Crippen LogP) is 3.17. The SMILES string of the molecule is Cc1c([N+](=O)[O-])cnn1CCC(=O)Nc1nn(Cc2ccccc2F)cc1Cl. The van der Waals surface area contributed by atoms with E-state index in [-0.39, 0.29) is 47.8 Å². The number of amides is 1. The Kier molecular flexibility index (Phi) is 5.69. The molecule has 2 heterocycles. The summed E-state index contributed by atoms with van der Waals surface area (Å²) >= 11 is 6.09. The Labute approximate surface area is 163 Å². The number of carbonyl (C=O) groups is 1. The third kappa shape index (κ3) is 4.34. The monoisotopic (exact) mass is 406 g/mol. The summed E-state index contributed by atoms with van der Waals surface area (Å²) in [6.07, 6.45) is 2.66. The summed E-state index contributed by atoms with van der Waals surface area (Å²) in [5, 5.41) is 21.7. The van der Waals surface area contributed by atoms with Gasteiger partial charge in [0.2, 0.25) is 5.91 Å². The van der Waals surface area contributed by atoms with Crippen LogP contribution in [0.2, 0.25) is 5.02 Å². The molecule has 28 heavy (non-hydrogen) atoms. The van der Waals surface area contributed by atoms with Gasteiger partial charge in [-0.05, 0) is 13.0 Å². The lowest BCUT2D eigenvalue weighted by molar-refractivity contribution is -0.385. The highest BCUT2D eigenvalue weighted by atomic mass is 35.5. The summed E-state index contributed by atoms with van der Waals surface area (Å²) < 4.78 is 16.6. The van der Waals surface area contributed by atoms with E-state index in [2.05, 4.69) is 15.5 Å². The molecule has 0 radical (unpaired) electrons. The van der Waals surface area contributed by atoms with Crippen LogP contribution in [-0.2, 0) is 17.9 Å². The minimum Gasteiger partial charge on any atom is -0.308 e. The van der Waals surface area contributed by atoms with Crippen LogP contribution in [0.3, 0.4) is 0 Å². The first-order chi connectivity index (χ1) is 13.3. The largest absolute Gasteiger partial charge is 0.309 e. The molecule has 1 aromatic carbocycles. The fourth-order valence-corrected chi connectivity index (χ4v) is 2.80. The summed E-state index contributed by atoms with van der Waals surface area (Å²) in [4.78, 5) is 22.5. The number of nitrogens with one attached hydrogen (secondary N) is 1. The van der Waals surface area contributed by atoms with Gasteiger partial charge in [-0.1, -0.05) is 29.8 Å². The number of halogens is 2. The second kappa shape index (κ2) is 8.17. The van der Waals surface area contributed by atoms with Gasteiger partial charge in [0.25, 0.3) is 0 Å². The van der Waals surface area contributed by atoms with Gasteiger partial charge in [0, 0.05) is 18.2 Å². The third-order valence-electron chi connectivity index (χ3n) is 4.09. The van der Waals surface area contributed by atoms with E-state index in [9.17, 15) is 19.3 Å². The number of aromatic nitrogens is 4. The Morgan fingerprint density at radius 2 is 2.14 bits per heavy atom. The van der Waals surface area contributed by atoms with E-state index >= 15 is 0 Å². The fourth-order valence-electron chi connectivity index (χ4n) is 2.61. The van der Waals surface area contributed by atoms with Gasteiger partial charge in [0.05, 0.1) is 18.0 Å². The Hall–Kier alpha value is -3.27. The Morgan fingerprint density at radius 3 is 2.82 bits per heavy atom. The van der Waals surface area contributed by atoms with Gasteiger partial charge in [-0.2, -0.15) is 10.2 Å². The van der Waals surface area contributed by atoms with Crippen molar-refractivity contribution in [1.29, 1.82) is 0 Å². The molecule has 3 aromatic rings. The van der Waals surface area contributed by atoms with Crippen LogP contribution >= 0.6 is 11.6 Å². The molecule has 0 saturated carbocycles. The summed E-state index contributed by atoms with van der Waals surface area (Å²) in [7, 11) is 0. The van der Waals surface area contributed by atoms with E-state index in [1.54, 1.807) is 25.1 Å². The molecule has 1 N–H and O–H groups in total. The van der Waals surface area contributed by atoms with Crippen molar-refractivity contribution in [3.05, 3.63) is 68.9 Å². The van der Waals surface area contributed by atoms with Crippen LogP contribution in [0.1, 0.15) is 17.7 Å². The van der Waals surface area contributed by atoms with Gasteiger partial charge in [-0.15, -0.1) is 0 Å². The van der Waals surface area contributed by atoms with Crippen LogP contribution in [-0.4, -0.2) is 30.4 Å². The second-order valence-electron chi connectivity index (χ2n) is 6.01. The number of nitro groups is 1. The van der Waals surface area contributed by atoms with Crippen molar-refractivity contribution in [2.45, 2.75) is 26.4 Å². The quantitative estimate of drug-likeness (QED) is 0.479. The lowest BCUT2D eigenvalue weighted by Crippen LogP contribution is -2.16. The van der Waals surface area contributed by atoms with E-state index in [0.717, 1.165) is 6.20 Å². The molecule has 0 fully saturated rings. The van der Waals surface area contributed by atoms with Gasteiger partial charge in [-0.3, -0.25) is 24.3 Å². The number of carbonyl (C=O) groups excluding carboxylic acids is 1. The highest BCUT2D eigenvalue weighted by Gasteiger charge is 2.17. The van der Waals surface area contributed by atoms with Crippen LogP contribution in [0, 0.1) is 22.9 Å². The highest BCUT2D eigenvalue weighted by Crippen LogP contribution is 2.21. The number of anilines is 1. The smallest absolute Gasteiger partial charge is 0.308 e. The zero-order chi connectivity index (χ0) is 20.3. The molecule has 0 unspecified atom stereocenters. The normalized spacial score (nSPS) is 10.8. The molecule has 1 amide bonds. The minimum atomic E-state index is -0.527. The number of rotatable bonds is 7. The Morgan fingerprint density at radius 1 is 1.39 bits per heavy atom. The molecule has 0 aliphatic heterocycles. The first-order valence-electron chi connectivity index (χ1n) is 8.28. The molecule has 2 aromatic heterocycles. The second-order valence-corrected chi connectivity index (χ2v) is 6.42. The van der Waals surface area contributed by atoms with E-state index in [1.165, 1.54) is 21.6 Å². The van der Waals surface area contributed by atoms with Crippen molar-refractivity contribution < 1.29 is 14.1 Å². The summed E-state index contributed by atoms with van der Waals surface area (Å²) in [5.41, 5.74) is 0.704. The first-order valence-corrected chi connectivity index (χ1v) is 8.66. The topological polar surface area (TPSA) is 108 Å². The van der Waals surface area contributed by atoms with Gasteiger partial charge >= 0.3 is 5.69 Å². The van der Waals surface area contributed by atoms with Crippen molar-refractivity contribution in [3.63, 3.8) is 0 Å². The minimum absolute atomic E-state index is 0.0240. The van der Waals surface area contributed by atoms with E-state index in [0.29, 0.717) is 11.3 Å². The van der Waals surface area contributed by atoms with E-state index in [1.807, 2.05) is 0 Å². The zero-order valence-electron chi connectivity index (χ0n) is 14.8. The summed E-state index contributed by atoms with van der Waals surface area (Å²) in [6.45, 7) is 1.89. The van der Waals surface area contributed by atoms with Crippen molar-refractivity contribution >= 4 is 29.0 Å². The third-order valence-corrected chi connectivity index (χ3v) is 4.37. The van der Waals surface area contributed by atoms with Crippen LogP contribution < -0.4 is 5.32 Å². The first kappa shape index (κ1) is 19.5. The number of hydrogen-bond donors (Lipinski definition) is 1. The zero-order valence-corrected chi connectivity index (χ0v) is 15.6. The van der Waals surface area contributed by atoms with Crippen LogP contribution in [0.15, 0.2) is 36.7 Å². The lowest BCUT2D eigenvalue weighted by Gasteiger charge is -2.05. The van der Waals surface area contributed by atoms with Crippen LogP contribution in [0.4, 0.5) is 15.9 Å². The molecule has 0 saturated heterocycles. The van der Waals surface area contributed by atoms with Crippen molar-refractivity contribution in [2.75, 3.05) is 5.32 Å². The maximum atomic E-state index is 13.7. The van der Waals surface area contributed by atoms with Gasteiger partial charge in [0.1, 0.15) is 22.7 Å². The molecular formula is C17H16ClFN6O3. The molecular weight excluding hydrogens is 391 g/mol. The average molecular weight is 407 g/mol. The molecule has 11 heteroatoms. The van der Waals surface area contributed by atoms with Gasteiger partial charge in [0.15, 0.2) is 5.82 Å². The number of hydrogen-bond acceptors (Lipinski definition) is 5. The fraction of sp³-hybridized carbons (Fsp3) is 0.235. The molecule has 9 nitrogen and oxygen atoms in total. The lowest BCUT2D eigenvalue weighted by atomic mass is 10.2. The van der Waals surface area contributed by atoms with Crippen LogP contribution in [0.5, 0.6) is 0 Å². The standard InChI is InChI=1S/C17H16ClFN6O3/c1-11-15(25(27)28)8-20-24(11)7-6-16(26)21-17-13(18)10-23(22-17)9-12-4-2-3-5-14(12)19/h2-5,8,10H,6-7,9H2,1H3,(H,21,22,26). The molecule has 0 bridgehead atoms. The van der Waals surface area contributed by atoms with E-state index < -0.39 is 4.92 Å². The molecule has 0 spiro atoms. The number of aryl methyl sites for hydroxylation is 1. The summed E-state index contributed by atoms with van der Waals surface area (Å²) in [6, 6.07) is 6.30. The van der Waals surface area contributed by atoms with Gasteiger partial charge < -0.3 is 5.32 Å². The van der Waals surface area contributed by atoms with E-state index in [4.69, 9.17) is 11.6 Å².